The Labute approximate surface area is 95.8 Å². The van der Waals surface area contributed by atoms with E-state index in [9.17, 15) is 9.50 Å². The van der Waals surface area contributed by atoms with Crippen molar-refractivity contribution in [3.8, 4) is 22.9 Å². The normalized spacial score (nSPS) is 10.5. The van der Waals surface area contributed by atoms with Crippen molar-refractivity contribution in [1.82, 2.24) is 10.1 Å². The number of phenols is 1. The molecule has 0 unspecified atom stereocenters. The molecule has 0 bridgehead atoms. The number of aromatic hydroxyl groups is 1. The summed E-state index contributed by atoms with van der Waals surface area (Å²) in [7, 11) is 1.33. The molecule has 0 aliphatic heterocycles. The van der Waals surface area contributed by atoms with Crippen molar-refractivity contribution in [2.75, 3.05) is 7.11 Å². The van der Waals surface area contributed by atoms with E-state index in [1.54, 1.807) is 0 Å². The second-order valence-corrected chi connectivity index (χ2v) is 3.22. The number of hydrogen-bond donors (Lipinski definition) is 2. The van der Waals surface area contributed by atoms with E-state index >= 15 is 0 Å². The van der Waals surface area contributed by atoms with Crippen LogP contribution in [-0.4, -0.2) is 22.4 Å². The summed E-state index contributed by atoms with van der Waals surface area (Å²) in [6.45, 7) is 0.0662. The highest BCUT2D eigenvalue weighted by atomic mass is 19.1. The molecule has 1 heterocycles. The van der Waals surface area contributed by atoms with Gasteiger partial charge in [0.25, 0.3) is 0 Å². The number of rotatable bonds is 3. The van der Waals surface area contributed by atoms with E-state index < -0.39 is 5.82 Å². The largest absolute Gasteiger partial charge is 0.504 e. The molecule has 0 saturated heterocycles. The van der Waals surface area contributed by atoms with Crippen molar-refractivity contribution in [2.24, 2.45) is 5.73 Å². The minimum absolute atomic E-state index is 0.0201. The lowest BCUT2D eigenvalue weighted by Gasteiger charge is -2.05. The molecule has 6 nitrogen and oxygen atoms in total. The lowest BCUT2D eigenvalue weighted by Crippen LogP contribution is -1.96. The molecule has 90 valence electrons. The predicted molar refractivity (Wildman–Crippen MR) is 55.8 cm³/mol. The third-order valence-electron chi connectivity index (χ3n) is 2.15. The molecule has 17 heavy (non-hydrogen) atoms. The number of methoxy groups -OCH3 is 1. The zero-order chi connectivity index (χ0) is 12.4. The Bertz CT molecular complexity index is 542. The van der Waals surface area contributed by atoms with Gasteiger partial charge < -0.3 is 20.1 Å². The molecule has 7 heteroatoms. The average molecular weight is 239 g/mol. The SMILES string of the molecule is COc1cc(F)c(-c2noc(CN)n2)cc1O. The predicted octanol–water partition coefficient (Wildman–Crippen LogP) is 1.05. The average Bonchev–Trinajstić information content (AvgIpc) is 2.80. The van der Waals surface area contributed by atoms with Crippen molar-refractivity contribution in [2.45, 2.75) is 6.54 Å². The van der Waals surface area contributed by atoms with Crippen molar-refractivity contribution in [1.29, 1.82) is 0 Å². The molecule has 3 N–H and O–H groups in total. The summed E-state index contributed by atoms with van der Waals surface area (Å²) in [5, 5.41) is 13.1. The van der Waals surface area contributed by atoms with Gasteiger partial charge in [0.05, 0.1) is 19.2 Å². The van der Waals surface area contributed by atoms with Crippen LogP contribution in [0.25, 0.3) is 11.4 Å². The van der Waals surface area contributed by atoms with E-state index in [4.69, 9.17) is 15.0 Å². The first kappa shape index (κ1) is 11.3. The Hall–Kier alpha value is -2.15. The molecule has 2 aromatic rings. The number of phenolic OH excluding ortho intramolecular Hbond substituents is 1. The fourth-order valence-electron chi connectivity index (χ4n) is 1.33. The molecular weight excluding hydrogens is 229 g/mol. The molecule has 0 aliphatic carbocycles. The topological polar surface area (TPSA) is 94.4 Å². The lowest BCUT2D eigenvalue weighted by molar-refractivity contribution is 0.370. The first-order chi connectivity index (χ1) is 8.15. The van der Waals surface area contributed by atoms with Crippen LogP contribution in [0.15, 0.2) is 16.7 Å². The highest BCUT2D eigenvalue weighted by Gasteiger charge is 2.16. The van der Waals surface area contributed by atoms with E-state index in [1.165, 1.54) is 13.2 Å². The van der Waals surface area contributed by atoms with Gasteiger partial charge in [-0.25, -0.2) is 4.39 Å². The standard InChI is InChI=1S/C10H10FN3O3/c1-16-8-3-6(11)5(2-7(8)15)10-13-9(4-12)17-14-10/h2-3,15H,4,12H2,1H3. The molecule has 0 saturated carbocycles. The summed E-state index contributed by atoms with van der Waals surface area (Å²) in [5.41, 5.74) is 5.32. The minimum Gasteiger partial charge on any atom is -0.504 e. The monoisotopic (exact) mass is 239 g/mol. The molecule has 0 spiro atoms. The summed E-state index contributed by atoms with van der Waals surface area (Å²) in [4.78, 5) is 3.86. The number of nitrogens with two attached hydrogens (primary N) is 1. The molecular formula is C10H10FN3O3. The van der Waals surface area contributed by atoms with Gasteiger partial charge in [-0.15, -0.1) is 0 Å². The van der Waals surface area contributed by atoms with Crippen molar-refractivity contribution >= 4 is 0 Å². The van der Waals surface area contributed by atoms with Gasteiger partial charge in [-0.2, -0.15) is 4.98 Å². The van der Waals surface area contributed by atoms with E-state index in [-0.39, 0.29) is 35.3 Å². The number of benzene rings is 1. The first-order valence-corrected chi connectivity index (χ1v) is 4.75. The quantitative estimate of drug-likeness (QED) is 0.831. The Balaban J connectivity index is 2.48. The van der Waals surface area contributed by atoms with Gasteiger partial charge in [0, 0.05) is 6.07 Å². The molecule has 0 fully saturated rings. The van der Waals surface area contributed by atoms with Crippen LogP contribution in [0.3, 0.4) is 0 Å². The minimum atomic E-state index is -0.621. The smallest absolute Gasteiger partial charge is 0.240 e. The molecule has 0 radical (unpaired) electrons. The maximum Gasteiger partial charge on any atom is 0.240 e. The second kappa shape index (κ2) is 4.38. The summed E-state index contributed by atoms with van der Waals surface area (Å²) in [5.74, 6) is -0.573. The number of aromatic nitrogens is 2. The lowest BCUT2D eigenvalue weighted by atomic mass is 10.2. The molecule has 0 amide bonds. The van der Waals surface area contributed by atoms with Crippen LogP contribution < -0.4 is 10.5 Å². The first-order valence-electron chi connectivity index (χ1n) is 4.75. The Morgan fingerprint density at radius 1 is 1.53 bits per heavy atom. The van der Waals surface area contributed by atoms with Gasteiger partial charge in [0.1, 0.15) is 5.82 Å². The Morgan fingerprint density at radius 3 is 2.88 bits per heavy atom. The van der Waals surface area contributed by atoms with Gasteiger partial charge >= 0.3 is 0 Å². The van der Waals surface area contributed by atoms with Crippen molar-refractivity contribution in [3.63, 3.8) is 0 Å². The zero-order valence-corrected chi connectivity index (χ0v) is 8.98. The van der Waals surface area contributed by atoms with Crippen LogP contribution in [0.4, 0.5) is 4.39 Å². The molecule has 2 rings (SSSR count). The van der Waals surface area contributed by atoms with Crippen molar-refractivity contribution < 1.29 is 18.8 Å². The van der Waals surface area contributed by atoms with Gasteiger partial charge in [0.2, 0.25) is 11.7 Å². The molecule has 1 aromatic heterocycles. The van der Waals surface area contributed by atoms with Crippen LogP contribution in [0.1, 0.15) is 5.89 Å². The summed E-state index contributed by atoms with van der Waals surface area (Å²) >= 11 is 0. The summed E-state index contributed by atoms with van der Waals surface area (Å²) in [6.07, 6.45) is 0. The zero-order valence-electron chi connectivity index (χ0n) is 8.98. The molecule has 1 aromatic carbocycles. The van der Waals surface area contributed by atoms with Crippen LogP contribution in [0.5, 0.6) is 11.5 Å². The van der Waals surface area contributed by atoms with Crippen LogP contribution in [-0.2, 0) is 6.54 Å². The number of hydrogen-bond acceptors (Lipinski definition) is 6. The van der Waals surface area contributed by atoms with E-state index in [0.29, 0.717) is 0 Å². The fourth-order valence-corrected chi connectivity index (χ4v) is 1.33. The van der Waals surface area contributed by atoms with E-state index in [1.807, 2.05) is 0 Å². The Kier molecular flexibility index (Phi) is 2.92. The maximum atomic E-state index is 13.7. The third-order valence-corrected chi connectivity index (χ3v) is 2.15. The van der Waals surface area contributed by atoms with Gasteiger partial charge in [-0.1, -0.05) is 5.16 Å². The van der Waals surface area contributed by atoms with Gasteiger partial charge in [-0.3, -0.25) is 0 Å². The van der Waals surface area contributed by atoms with Crippen LogP contribution in [0.2, 0.25) is 0 Å². The molecule has 0 atom stereocenters. The van der Waals surface area contributed by atoms with Gasteiger partial charge in [0.15, 0.2) is 11.5 Å². The summed E-state index contributed by atoms with van der Waals surface area (Å²) < 4.78 is 23.2. The molecule has 0 aliphatic rings. The van der Waals surface area contributed by atoms with Gasteiger partial charge in [-0.05, 0) is 6.07 Å². The Morgan fingerprint density at radius 2 is 2.29 bits per heavy atom. The fraction of sp³-hybridized carbons (Fsp3) is 0.200. The van der Waals surface area contributed by atoms with Crippen molar-refractivity contribution in [3.05, 3.63) is 23.8 Å². The number of ether oxygens (including phenoxy) is 1. The number of halogens is 1. The number of nitrogens with zero attached hydrogens (tertiary/aromatic N) is 2. The second-order valence-electron chi connectivity index (χ2n) is 3.22. The highest BCUT2D eigenvalue weighted by Crippen LogP contribution is 2.32. The maximum absolute atomic E-state index is 13.7. The van der Waals surface area contributed by atoms with Crippen LogP contribution in [0, 0.1) is 5.82 Å². The highest BCUT2D eigenvalue weighted by molar-refractivity contribution is 5.61. The van der Waals surface area contributed by atoms with E-state index in [2.05, 4.69) is 10.1 Å². The third kappa shape index (κ3) is 2.04. The van der Waals surface area contributed by atoms with Crippen LogP contribution >= 0.6 is 0 Å². The summed E-state index contributed by atoms with van der Waals surface area (Å²) in [6, 6.07) is 2.21. The van der Waals surface area contributed by atoms with E-state index in [0.717, 1.165) is 6.07 Å².